The highest BCUT2D eigenvalue weighted by Crippen LogP contribution is 2.19. The molecule has 0 aliphatic carbocycles. The molecule has 150 valence electrons. The Hall–Kier alpha value is -1.65. The number of aryl methyl sites for hydroxylation is 4. The van der Waals surface area contributed by atoms with Crippen molar-refractivity contribution in [3.63, 3.8) is 0 Å². The van der Waals surface area contributed by atoms with Crippen molar-refractivity contribution in [2.24, 2.45) is 18.0 Å². The summed E-state index contributed by atoms with van der Waals surface area (Å²) in [4.78, 5) is 4.76. The molecule has 2 aromatic heterocycles. The van der Waals surface area contributed by atoms with E-state index < -0.39 is 0 Å². The van der Waals surface area contributed by atoms with Crippen LogP contribution in [0, 0.1) is 26.7 Å². The third kappa shape index (κ3) is 4.99. The molecule has 1 aliphatic rings. The van der Waals surface area contributed by atoms with Crippen LogP contribution in [-0.4, -0.2) is 43.6 Å². The van der Waals surface area contributed by atoms with Crippen molar-refractivity contribution in [1.82, 2.24) is 35.2 Å². The maximum Gasteiger partial charge on any atom is 0.191 e. The van der Waals surface area contributed by atoms with Gasteiger partial charge in [0.15, 0.2) is 5.96 Å². The maximum absolute atomic E-state index is 4.76. The summed E-state index contributed by atoms with van der Waals surface area (Å²) in [7, 11) is 1.98. The molecule has 1 atom stereocenters. The summed E-state index contributed by atoms with van der Waals surface area (Å²) in [6.07, 6.45) is 2.13. The Bertz CT molecular complexity index is 792. The summed E-state index contributed by atoms with van der Waals surface area (Å²) >= 11 is 0. The summed E-state index contributed by atoms with van der Waals surface area (Å²) in [6.45, 7) is 11.6. The number of nitrogens with one attached hydrogen (secondary N) is 2. The van der Waals surface area contributed by atoms with E-state index in [1.165, 1.54) is 11.3 Å². The fourth-order valence-electron chi connectivity index (χ4n) is 3.48. The minimum Gasteiger partial charge on any atom is -0.357 e. The molecule has 0 bridgehead atoms. The number of fused-ring (bicyclic) bond motifs is 1. The molecule has 27 heavy (non-hydrogen) atoms. The Morgan fingerprint density at radius 2 is 2.00 bits per heavy atom. The van der Waals surface area contributed by atoms with Crippen molar-refractivity contribution >= 4 is 29.9 Å². The van der Waals surface area contributed by atoms with Gasteiger partial charge in [0.25, 0.3) is 0 Å². The average molecular weight is 486 g/mol. The monoisotopic (exact) mass is 486 g/mol. The van der Waals surface area contributed by atoms with Gasteiger partial charge >= 0.3 is 0 Å². The van der Waals surface area contributed by atoms with Gasteiger partial charge in [-0.1, -0.05) is 0 Å². The van der Waals surface area contributed by atoms with Crippen LogP contribution in [0.2, 0.25) is 0 Å². The minimum absolute atomic E-state index is 0. The van der Waals surface area contributed by atoms with Crippen molar-refractivity contribution in [3.8, 4) is 0 Å². The fraction of sp³-hybridized carbons (Fsp3) is 0.667. The first-order valence-corrected chi connectivity index (χ1v) is 9.39. The van der Waals surface area contributed by atoms with Crippen molar-refractivity contribution in [2.45, 2.75) is 53.6 Å². The van der Waals surface area contributed by atoms with E-state index in [9.17, 15) is 0 Å². The maximum atomic E-state index is 4.76. The molecule has 0 fully saturated rings. The van der Waals surface area contributed by atoms with Crippen LogP contribution in [0.5, 0.6) is 0 Å². The predicted octanol–water partition coefficient (Wildman–Crippen LogP) is 1.87. The molecular formula is C18H31IN8. The lowest BCUT2D eigenvalue weighted by Gasteiger charge is -2.25. The van der Waals surface area contributed by atoms with Gasteiger partial charge in [-0.15, -0.1) is 34.2 Å². The highest BCUT2D eigenvalue weighted by atomic mass is 127. The van der Waals surface area contributed by atoms with Crippen LogP contribution >= 0.6 is 24.0 Å². The van der Waals surface area contributed by atoms with Crippen LogP contribution in [0.1, 0.15) is 41.9 Å². The van der Waals surface area contributed by atoms with Gasteiger partial charge in [-0.2, -0.15) is 5.10 Å². The molecule has 0 spiro atoms. The molecule has 0 saturated carbocycles. The van der Waals surface area contributed by atoms with Crippen molar-refractivity contribution < 1.29 is 0 Å². The van der Waals surface area contributed by atoms with E-state index in [4.69, 9.17) is 4.99 Å². The fourth-order valence-corrected chi connectivity index (χ4v) is 3.48. The zero-order valence-electron chi connectivity index (χ0n) is 16.9. The van der Waals surface area contributed by atoms with Gasteiger partial charge in [0.2, 0.25) is 0 Å². The van der Waals surface area contributed by atoms with Gasteiger partial charge in [-0.25, -0.2) is 4.99 Å². The Morgan fingerprint density at radius 3 is 2.67 bits per heavy atom. The van der Waals surface area contributed by atoms with Crippen LogP contribution in [0.3, 0.4) is 0 Å². The predicted molar refractivity (Wildman–Crippen MR) is 117 cm³/mol. The van der Waals surface area contributed by atoms with Gasteiger partial charge in [-0.3, -0.25) is 4.68 Å². The van der Waals surface area contributed by atoms with E-state index >= 15 is 0 Å². The standard InChI is InChI=1S/C18H30N8.HI/c1-6-19-18(21-10-16-12(2)24-25(5)13(16)3)20-9-15-7-8-17-23-22-14(4)26(17)11-15;/h15H,6-11H2,1-5H3,(H2,19,20,21);1H. The Morgan fingerprint density at radius 1 is 1.22 bits per heavy atom. The highest BCUT2D eigenvalue weighted by molar-refractivity contribution is 14.0. The van der Waals surface area contributed by atoms with E-state index in [0.717, 1.165) is 55.8 Å². The lowest BCUT2D eigenvalue weighted by atomic mass is 9.99. The van der Waals surface area contributed by atoms with Gasteiger partial charge in [0, 0.05) is 44.4 Å². The molecule has 3 rings (SSSR count). The summed E-state index contributed by atoms with van der Waals surface area (Å²) < 4.78 is 4.16. The minimum atomic E-state index is 0. The topological polar surface area (TPSA) is 84.9 Å². The third-order valence-electron chi connectivity index (χ3n) is 5.19. The molecule has 0 aromatic carbocycles. The molecule has 2 N–H and O–H groups in total. The Balaban J connectivity index is 0.00000261. The molecule has 0 radical (unpaired) electrons. The highest BCUT2D eigenvalue weighted by Gasteiger charge is 2.21. The van der Waals surface area contributed by atoms with Crippen LogP contribution in [0.4, 0.5) is 0 Å². The summed E-state index contributed by atoms with van der Waals surface area (Å²) in [5.41, 5.74) is 3.42. The van der Waals surface area contributed by atoms with E-state index in [0.29, 0.717) is 12.5 Å². The van der Waals surface area contributed by atoms with Gasteiger partial charge in [-0.05, 0) is 40.0 Å². The largest absolute Gasteiger partial charge is 0.357 e. The van der Waals surface area contributed by atoms with E-state index in [2.05, 4.69) is 44.3 Å². The summed E-state index contributed by atoms with van der Waals surface area (Å²) in [6, 6.07) is 0. The average Bonchev–Trinajstić information content (AvgIpc) is 3.10. The van der Waals surface area contributed by atoms with E-state index in [1.807, 2.05) is 25.6 Å². The number of aliphatic imine (C=N–C) groups is 1. The molecule has 0 amide bonds. The normalized spacial score (nSPS) is 16.6. The lowest BCUT2D eigenvalue weighted by Crippen LogP contribution is -2.41. The molecule has 8 nitrogen and oxygen atoms in total. The first-order chi connectivity index (χ1) is 12.5. The smallest absolute Gasteiger partial charge is 0.191 e. The quantitative estimate of drug-likeness (QED) is 0.383. The van der Waals surface area contributed by atoms with E-state index in [1.54, 1.807) is 0 Å². The van der Waals surface area contributed by atoms with Gasteiger partial charge < -0.3 is 15.2 Å². The summed E-state index contributed by atoms with van der Waals surface area (Å²) in [5, 5.41) is 19.8. The molecular weight excluding hydrogens is 455 g/mol. The van der Waals surface area contributed by atoms with E-state index in [-0.39, 0.29) is 24.0 Å². The lowest BCUT2D eigenvalue weighted by molar-refractivity contribution is 0.358. The Kier molecular flexibility index (Phi) is 7.63. The van der Waals surface area contributed by atoms with Crippen LogP contribution in [-0.2, 0) is 26.6 Å². The zero-order valence-corrected chi connectivity index (χ0v) is 19.2. The van der Waals surface area contributed by atoms with Crippen molar-refractivity contribution in [3.05, 3.63) is 28.6 Å². The molecule has 3 heterocycles. The van der Waals surface area contributed by atoms with Gasteiger partial charge in [0.05, 0.1) is 12.2 Å². The number of rotatable bonds is 5. The number of hydrogen-bond acceptors (Lipinski definition) is 4. The van der Waals surface area contributed by atoms with Gasteiger partial charge in [0.1, 0.15) is 11.6 Å². The van der Waals surface area contributed by atoms with Crippen molar-refractivity contribution in [2.75, 3.05) is 13.1 Å². The molecule has 1 aliphatic heterocycles. The number of guanidine groups is 1. The second-order valence-corrected chi connectivity index (χ2v) is 7.03. The number of aromatic nitrogens is 5. The zero-order chi connectivity index (χ0) is 18.7. The first kappa shape index (κ1) is 21.6. The molecule has 9 heteroatoms. The second-order valence-electron chi connectivity index (χ2n) is 7.03. The first-order valence-electron chi connectivity index (χ1n) is 9.39. The van der Waals surface area contributed by atoms with Crippen LogP contribution in [0.25, 0.3) is 0 Å². The summed E-state index contributed by atoms with van der Waals surface area (Å²) in [5.74, 6) is 3.54. The number of halogens is 1. The SMILES string of the molecule is CCNC(=NCc1c(C)nn(C)c1C)NCC1CCc2nnc(C)n2C1.I. The third-order valence-corrected chi connectivity index (χ3v) is 5.19. The number of nitrogens with zero attached hydrogens (tertiary/aromatic N) is 6. The van der Waals surface area contributed by atoms with Crippen LogP contribution in [0.15, 0.2) is 4.99 Å². The second kappa shape index (κ2) is 9.52. The van der Waals surface area contributed by atoms with Crippen molar-refractivity contribution in [1.29, 1.82) is 0 Å². The molecule has 0 saturated heterocycles. The molecule has 1 unspecified atom stereocenters. The molecule has 2 aromatic rings. The number of hydrogen-bond donors (Lipinski definition) is 2. The Labute approximate surface area is 178 Å². The van der Waals surface area contributed by atoms with Crippen LogP contribution < -0.4 is 10.6 Å².